The molecule has 130 valence electrons. The molecule has 6 nitrogen and oxygen atoms in total. The first kappa shape index (κ1) is 17.6. The Morgan fingerprint density at radius 3 is 2.84 bits per heavy atom. The Morgan fingerprint density at radius 2 is 2.04 bits per heavy atom. The average molecular weight is 357 g/mol. The van der Waals surface area contributed by atoms with Crippen LogP contribution in [0, 0.1) is 0 Å². The second-order valence-electron chi connectivity index (χ2n) is 5.35. The molecule has 0 bridgehead atoms. The number of para-hydroxylation sites is 1. The fraction of sp³-hybridized carbons (Fsp3) is 0.278. The average Bonchev–Trinajstić information content (AvgIpc) is 2.65. The molecule has 3 rings (SSSR count). The van der Waals surface area contributed by atoms with Crippen molar-refractivity contribution in [3.63, 3.8) is 0 Å². The van der Waals surface area contributed by atoms with Gasteiger partial charge in [0, 0.05) is 18.1 Å². The van der Waals surface area contributed by atoms with Gasteiger partial charge in [-0.3, -0.25) is 14.3 Å². The van der Waals surface area contributed by atoms with Gasteiger partial charge in [-0.15, -0.1) is 0 Å². The first-order valence-corrected chi connectivity index (χ1v) is 8.98. The number of aliphatic hydroxyl groups is 1. The summed E-state index contributed by atoms with van der Waals surface area (Å²) in [6.45, 7) is 1.23. The molecule has 0 fully saturated rings. The monoisotopic (exact) mass is 357 g/mol. The van der Waals surface area contributed by atoms with Crippen molar-refractivity contribution in [2.75, 3.05) is 25.6 Å². The van der Waals surface area contributed by atoms with E-state index in [2.05, 4.69) is 9.97 Å². The largest absolute Gasteiger partial charge is 0.394 e. The summed E-state index contributed by atoms with van der Waals surface area (Å²) >= 11 is 1.47. The number of hydrogen-bond donors (Lipinski definition) is 1. The highest BCUT2D eigenvalue weighted by atomic mass is 32.2. The summed E-state index contributed by atoms with van der Waals surface area (Å²) in [5.41, 5.74) is 1.57. The van der Waals surface area contributed by atoms with Gasteiger partial charge in [-0.05, 0) is 23.8 Å². The van der Waals surface area contributed by atoms with E-state index in [-0.39, 0.29) is 12.2 Å². The topological polar surface area (TPSA) is 77.2 Å². The molecule has 0 aliphatic heterocycles. The normalized spacial score (nSPS) is 11.1. The fourth-order valence-corrected chi connectivity index (χ4v) is 3.28. The molecule has 2 heterocycles. The zero-order chi connectivity index (χ0) is 17.5. The number of hydrogen-bond acceptors (Lipinski definition) is 6. The quantitative estimate of drug-likeness (QED) is 0.377. The number of thioether (sulfide) groups is 1. The predicted molar refractivity (Wildman–Crippen MR) is 98.0 cm³/mol. The lowest BCUT2D eigenvalue weighted by Crippen LogP contribution is -2.24. The molecule has 1 N–H and O–H groups in total. The van der Waals surface area contributed by atoms with Crippen LogP contribution in [0.1, 0.15) is 5.56 Å². The van der Waals surface area contributed by atoms with Gasteiger partial charge in [0.2, 0.25) is 0 Å². The first-order chi connectivity index (χ1) is 12.3. The zero-order valence-electron chi connectivity index (χ0n) is 13.7. The van der Waals surface area contributed by atoms with Crippen LogP contribution in [0.4, 0.5) is 0 Å². The molecule has 7 heteroatoms. The molecule has 0 spiro atoms. The van der Waals surface area contributed by atoms with Crippen LogP contribution in [0.15, 0.2) is 58.7 Å². The molecule has 0 aliphatic rings. The minimum absolute atomic E-state index is 0.00457. The van der Waals surface area contributed by atoms with E-state index in [0.717, 1.165) is 5.56 Å². The highest BCUT2D eigenvalue weighted by Gasteiger charge is 2.12. The highest BCUT2D eigenvalue weighted by Crippen LogP contribution is 2.18. The lowest BCUT2D eigenvalue weighted by molar-refractivity contribution is 0.103. The highest BCUT2D eigenvalue weighted by molar-refractivity contribution is 7.99. The Hall–Kier alpha value is -2.22. The molecular formula is C18H19N3O3S. The standard InChI is InChI=1S/C18H19N3O3S/c22-8-9-24-10-11-25-18-20-16-6-2-1-5-15(16)17(23)21(18)13-14-4-3-7-19-12-14/h1-7,12,22H,8-11,13H2. The minimum Gasteiger partial charge on any atom is -0.394 e. The van der Waals surface area contributed by atoms with E-state index >= 15 is 0 Å². The number of aromatic nitrogens is 3. The number of nitrogens with zero attached hydrogens (tertiary/aromatic N) is 3. The van der Waals surface area contributed by atoms with E-state index in [4.69, 9.17) is 9.84 Å². The van der Waals surface area contributed by atoms with Gasteiger partial charge in [0.1, 0.15) is 0 Å². The first-order valence-electron chi connectivity index (χ1n) is 7.99. The SMILES string of the molecule is O=c1c2ccccc2nc(SCCOCCO)n1Cc1cccnc1. The summed E-state index contributed by atoms with van der Waals surface area (Å²) < 4.78 is 6.96. The molecule has 0 atom stereocenters. The van der Waals surface area contributed by atoms with Crippen LogP contribution in [-0.4, -0.2) is 45.2 Å². The molecule has 3 aromatic rings. The number of pyridine rings is 1. The second kappa shape index (κ2) is 8.75. The molecule has 25 heavy (non-hydrogen) atoms. The Balaban J connectivity index is 1.91. The summed E-state index contributed by atoms with van der Waals surface area (Å²) in [5, 5.41) is 10.0. The molecular weight excluding hydrogens is 338 g/mol. The van der Waals surface area contributed by atoms with Gasteiger partial charge in [-0.2, -0.15) is 0 Å². The number of rotatable bonds is 8. The van der Waals surface area contributed by atoms with Crippen molar-refractivity contribution >= 4 is 22.7 Å². The van der Waals surface area contributed by atoms with E-state index in [1.165, 1.54) is 11.8 Å². The third-order valence-electron chi connectivity index (χ3n) is 3.58. The van der Waals surface area contributed by atoms with Crippen molar-refractivity contribution in [1.29, 1.82) is 0 Å². The lowest BCUT2D eigenvalue weighted by atomic mass is 10.2. The van der Waals surface area contributed by atoms with Crippen LogP contribution in [0.2, 0.25) is 0 Å². The Bertz CT molecular complexity index is 884. The van der Waals surface area contributed by atoms with Gasteiger partial charge in [0.25, 0.3) is 5.56 Å². The van der Waals surface area contributed by atoms with Crippen LogP contribution < -0.4 is 5.56 Å². The van der Waals surface area contributed by atoms with Gasteiger partial charge in [0.15, 0.2) is 5.16 Å². The third-order valence-corrected chi connectivity index (χ3v) is 4.53. The van der Waals surface area contributed by atoms with Crippen molar-refractivity contribution < 1.29 is 9.84 Å². The summed E-state index contributed by atoms with van der Waals surface area (Å²) in [6, 6.07) is 11.1. The van der Waals surface area contributed by atoms with Crippen LogP contribution in [0.3, 0.4) is 0 Å². The van der Waals surface area contributed by atoms with Gasteiger partial charge in [-0.25, -0.2) is 4.98 Å². The zero-order valence-corrected chi connectivity index (χ0v) is 14.5. The van der Waals surface area contributed by atoms with Crippen molar-refractivity contribution in [3.8, 4) is 0 Å². The Labute approximate surface area is 149 Å². The minimum atomic E-state index is -0.0618. The van der Waals surface area contributed by atoms with Gasteiger partial charge < -0.3 is 9.84 Å². The smallest absolute Gasteiger partial charge is 0.262 e. The molecule has 2 aromatic heterocycles. The second-order valence-corrected chi connectivity index (χ2v) is 6.41. The van der Waals surface area contributed by atoms with E-state index in [1.807, 2.05) is 30.3 Å². The van der Waals surface area contributed by atoms with Crippen molar-refractivity contribution in [1.82, 2.24) is 14.5 Å². The van der Waals surface area contributed by atoms with E-state index in [1.54, 1.807) is 23.0 Å². The fourth-order valence-electron chi connectivity index (χ4n) is 2.43. The molecule has 0 aliphatic carbocycles. The molecule has 0 amide bonds. The maximum absolute atomic E-state index is 12.9. The maximum Gasteiger partial charge on any atom is 0.262 e. The van der Waals surface area contributed by atoms with E-state index < -0.39 is 0 Å². The molecule has 0 unspecified atom stereocenters. The maximum atomic E-state index is 12.9. The summed E-state index contributed by atoms with van der Waals surface area (Å²) in [4.78, 5) is 21.7. The number of aliphatic hydroxyl groups excluding tert-OH is 1. The van der Waals surface area contributed by atoms with E-state index in [0.29, 0.717) is 41.6 Å². The number of benzene rings is 1. The summed E-state index contributed by atoms with van der Waals surface area (Å²) in [7, 11) is 0. The Morgan fingerprint density at radius 1 is 1.16 bits per heavy atom. The third kappa shape index (κ3) is 4.45. The Kier molecular flexibility index (Phi) is 6.16. The predicted octanol–water partition coefficient (Wildman–Crippen LogP) is 1.94. The van der Waals surface area contributed by atoms with Crippen LogP contribution >= 0.6 is 11.8 Å². The number of fused-ring (bicyclic) bond motifs is 1. The van der Waals surface area contributed by atoms with Crippen molar-refractivity contribution in [2.45, 2.75) is 11.7 Å². The molecule has 0 saturated carbocycles. The van der Waals surface area contributed by atoms with Crippen LogP contribution in [0.25, 0.3) is 10.9 Å². The van der Waals surface area contributed by atoms with Crippen LogP contribution in [0.5, 0.6) is 0 Å². The van der Waals surface area contributed by atoms with Crippen LogP contribution in [-0.2, 0) is 11.3 Å². The summed E-state index contributed by atoms with van der Waals surface area (Å²) in [6.07, 6.45) is 3.46. The molecule has 1 aromatic carbocycles. The lowest BCUT2D eigenvalue weighted by Gasteiger charge is -2.13. The summed E-state index contributed by atoms with van der Waals surface area (Å²) in [5.74, 6) is 0.651. The van der Waals surface area contributed by atoms with E-state index in [9.17, 15) is 4.79 Å². The molecule has 0 saturated heterocycles. The number of ether oxygens (including phenoxy) is 1. The van der Waals surface area contributed by atoms with Gasteiger partial charge in [0.05, 0.1) is 37.3 Å². The van der Waals surface area contributed by atoms with Gasteiger partial charge >= 0.3 is 0 Å². The molecule has 0 radical (unpaired) electrons. The van der Waals surface area contributed by atoms with Crippen molar-refractivity contribution in [2.24, 2.45) is 0 Å². The van der Waals surface area contributed by atoms with Crippen molar-refractivity contribution in [3.05, 3.63) is 64.7 Å². The van der Waals surface area contributed by atoms with Gasteiger partial charge in [-0.1, -0.05) is 30.0 Å².